The fourth-order valence-electron chi connectivity index (χ4n) is 2.02. The van der Waals surface area contributed by atoms with Crippen molar-refractivity contribution in [3.05, 3.63) is 29.6 Å². The van der Waals surface area contributed by atoms with Gasteiger partial charge in [0.15, 0.2) is 0 Å². The third-order valence-electron chi connectivity index (χ3n) is 2.90. The standard InChI is InChI=1S/C15H22FNO3/c1-10(2)17-15(4,14(18)19-5)9-20-13-7-6-12(16)8-11(13)3/h6-8,10,17H,9H2,1-5H3. The van der Waals surface area contributed by atoms with Crippen molar-refractivity contribution in [1.29, 1.82) is 0 Å². The molecule has 1 N–H and O–H groups in total. The zero-order chi connectivity index (χ0) is 15.3. The highest BCUT2D eigenvalue weighted by molar-refractivity contribution is 5.80. The maximum atomic E-state index is 13.0. The normalized spacial score (nSPS) is 13.9. The van der Waals surface area contributed by atoms with Crippen molar-refractivity contribution in [2.75, 3.05) is 13.7 Å². The molecule has 0 bridgehead atoms. The number of aryl methyl sites for hydroxylation is 1. The number of carbonyl (C=O) groups excluding carboxylic acids is 1. The van der Waals surface area contributed by atoms with Crippen LogP contribution in [-0.2, 0) is 9.53 Å². The van der Waals surface area contributed by atoms with E-state index in [4.69, 9.17) is 9.47 Å². The summed E-state index contributed by atoms with van der Waals surface area (Å²) in [6.45, 7) is 7.44. The Kier molecular flexibility index (Phi) is 5.51. The van der Waals surface area contributed by atoms with Crippen molar-refractivity contribution >= 4 is 5.97 Å². The van der Waals surface area contributed by atoms with Gasteiger partial charge >= 0.3 is 5.97 Å². The van der Waals surface area contributed by atoms with Crippen molar-refractivity contribution in [3.63, 3.8) is 0 Å². The molecule has 0 aliphatic heterocycles. The van der Waals surface area contributed by atoms with Crippen LogP contribution in [0.4, 0.5) is 4.39 Å². The van der Waals surface area contributed by atoms with Crippen LogP contribution in [0.2, 0.25) is 0 Å². The van der Waals surface area contributed by atoms with Gasteiger partial charge in [0.25, 0.3) is 0 Å². The first-order valence-electron chi connectivity index (χ1n) is 6.53. The highest BCUT2D eigenvalue weighted by Gasteiger charge is 2.36. The molecule has 0 fully saturated rings. The van der Waals surface area contributed by atoms with Gasteiger partial charge in [0.05, 0.1) is 7.11 Å². The summed E-state index contributed by atoms with van der Waals surface area (Å²) in [5, 5.41) is 3.13. The molecule has 0 aliphatic carbocycles. The first kappa shape index (κ1) is 16.4. The predicted octanol–water partition coefficient (Wildman–Crippen LogP) is 2.44. The van der Waals surface area contributed by atoms with Gasteiger partial charge in [0, 0.05) is 6.04 Å². The number of esters is 1. The molecular formula is C15H22FNO3. The molecule has 0 radical (unpaired) electrons. The molecule has 1 rings (SSSR count). The summed E-state index contributed by atoms with van der Waals surface area (Å²) in [5.74, 6) is -0.163. The second-order valence-electron chi connectivity index (χ2n) is 5.32. The van der Waals surface area contributed by atoms with E-state index in [2.05, 4.69) is 5.32 Å². The molecule has 1 unspecified atom stereocenters. The van der Waals surface area contributed by atoms with Gasteiger partial charge in [0.1, 0.15) is 23.7 Å². The Morgan fingerprint density at radius 1 is 1.45 bits per heavy atom. The minimum atomic E-state index is -0.955. The lowest BCUT2D eigenvalue weighted by molar-refractivity contribution is -0.149. The van der Waals surface area contributed by atoms with E-state index in [0.29, 0.717) is 11.3 Å². The van der Waals surface area contributed by atoms with Crippen LogP contribution in [0.15, 0.2) is 18.2 Å². The highest BCUT2D eigenvalue weighted by Crippen LogP contribution is 2.20. The van der Waals surface area contributed by atoms with E-state index < -0.39 is 11.5 Å². The quantitative estimate of drug-likeness (QED) is 0.815. The van der Waals surface area contributed by atoms with Crippen LogP contribution >= 0.6 is 0 Å². The van der Waals surface area contributed by atoms with Crippen LogP contribution in [-0.4, -0.2) is 31.3 Å². The fourth-order valence-corrected chi connectivity index (χ4v) is 2.02. The third kappa shape index (κ3) is 4.20. The molecule has 20 heavy (non-hydrogen) atoms. The Hall–Kier alpha value is -1.62. The molecule has 112 valence electrons. The SMILES string of the molecule is COC(=O)C(C)(COc1ccc(F)cc1C)NC(C)C. The summed E-state index contributed by atoms with van der Waals surface area (Å²) < 4.78 is 23.5. The first-order valence-corrected chi connectivity index (χ1v) is 6.53. The van der Waals surface area contributed by atoms with E-state index in [0.717, 1.165) is 0 Å². The summed E-state index contributed by atoms with van der Waals surface area (Å²) >= 11 is 0. The number of carbonyl (C=O) groups is 1. The Morgan fingerprint density at radius 2 is 2.10 bits per heavy atom. The van der Waals surface area contributed by atoms with Crippen molar-refractivity contribution in [3.8, 4) is 5.75 Å². The molecule has 0 aromatic heterocycles. The minimum Gasteiger partial charge on any atom is -0.491 e. The fraction of sp³-hybridized carbons (Fsp3) is 0.533. The zero-order valence-corrected chi connectivity index (χ0v) is 12.6. The highest BCUT2D eigenvalue weighted by atomic mass is 19.1. The van der Waals surface area contributed by atoms with Crippen LogP contribution in [0.25, 0.3) is 0 Å². The van der Waals surface area contributed by atoms with E-state index in [1.807, 2.05) is 13.8 Å². The summed E-state index contributed by atoms with van der Waals surface area (Å²) in [4.78, 5) is 11.9. The van der Waals surface area contributed by atoms with E-state index in [1.54, 1.807) is 19.9 Å². The largest absolute Gasteiger partial charge is 0.491 e. The smallest absolute Gasteiger partial charge is 0.329 e. The van der Waals surface area contributed by atoms with Gasteiger partial charge in [-0.1, -0.05) is 0 Å². The number of ether oxygens (including phenoxy) is 2. The lowest BCUT2D eigenvalue weighted by Crippen LogP contribution is -2.56. The van der Waals surface area contributed by atoms with E-state index in [-0.39, 0.29) is 18.5 Å². The number of methoxy groups -OCH3 is 1. The molecule has 0 aliphatic rings. The number of rotatable bonds is 6. The zero-order valence-electron chi connectivity index (χ0n) is 12.6. The van der Waals surface area contributed by atoms with Crippen LogP contribution in [0, 0.1) is 12.7 Å². The Balaban J connectivity index is 2.83. The van der Waals surface area contributed by atoms with E-state index >= 15 is 0 Å². The molecule has 1 aromatic rings. The number of hydrogen-bond donors (Lipinski definition) is 1. The molecule has 1 aromatic carbocycles. The van der Waals surface area contributed by atoms with Crippen molar-refractivity contribution in [2.24, 2.45) is 0 Å². The monoisotopic (exact) mass is 283 g/mol. The van der Waals surface area contributed by atoms with Crippen LogP contribution in [0.1, 0.15) is 26.3 Å². The van der Waals surface area contributed by atoms with E-state index in [9.17, 15) is 9.18 Å². The maximum Gasteiger partial charge on any atom is 0.329 e. The Bertz CT molecular complexity index is 476. The number of halogens is 1. The molecule has 0 heterocycles. The summed E-state index contributed by atoms with van der Waals surface area (Å²) in [7, 11) is 1.34. The number of nitrogens with one attached hydrogen (secondary N) is 1. The average molecular weight is 283 g/mol. The van der Waals surface area contributed by atoms with Gasteiger partial charge < -0.3 is 9.47 Å². The van der Waals surface area contributed by atoms with Crippen molar-refractivity contribution < 1.29 is 18.7 Å². The van der Waals surface area contributed by atoms with Gasteiger partial charge in [-0.15, -0.1) is 0 Å². The van der Waals surface area contributed by atoms with Gasteiger partial charge in [-0.25, -0.2) is 9.18 Å². The van der Waals surface area contributed by atoms with Crippen molar-refractivity contribution in [2.45, 2.75) is 39.3 Å². The van der Waals surface area contributed by atoms with Gasteiger partial charge in [-0.05, 0) is 51.5 Å². The lowest BCUT2D eigenvalue weighted by Gasteiger charge is -2.30. The lowest BCUT2D eigenvalue weighted by atomic mass is 10.0. The summed E-state index contributed by atoms with van der Waals surface area (Å²) in [5.41, 5.74) is -0.272. The van der Waals surface area contributed by atoms with Crippen LogP contribution in [0.3, 0.4) is 0 Å². The molecule has 0 saturated carbocycles. The molecule has 4 nitrogen and oxygen atoms in total. The Labute approximate surface area is 119 Å². The summed E-state index contributed by atoms with van der Waals surface area (Å²) in [6, 6.07) is 4.36. The van der Waals surface area contributed by atoms with Gasteiger partial charge in [-0.3, -0.25) is 5.32 Å². The first-order chi connectivity index (χ1) is 9.28. The van der Waals surface area contributed by atoms with Crippen molar-refractivity contribution in [1.82, 2.24) is 5.32 Å². The molecule has 1 atom stereocenters. The van der Waals surface area contributed by atoms with Crippen LogP contribution < -0.4 is 10.1 Å². The molecule has 0 amide bonds. The topological polar surface area (TPSA) is 47.6 Å². The minimum absolute atomic E-state index is 0.0945. The molecule has 0 saturated heterocycles. The second kappa shape index (κ2) is 6.70. The molecular weight excluding hydrogens is 261 g/mol. The predicted molar refractivity (Wildman–Crippen MR) is 75.3 cm³/mol. The average Bonchev–Trinajstić information content (AvgIpc) is 2.35. The maximum absolute atomic E-state index is 13.0. The third-order valence-corrected chi connectivity index (χ3v) is 2.90. The Morgan fingerprint density at radius 3 is 2.60 bits per heavy atom. The van der Waals surface area contributed by atoms with Gasteiger partial charge in [-0.2, -0.15) is 0 Å². The van der Waals surface area contributed by atoms with Gasteiger partial charge in [0.2, 0.25) is 0 Å². The second-order valence-corrected chi connectivity index (χ2v) is 5.32. The van der Waals surface area contributed by atoms with E-state index in [1.165, 1.54) is 19.2 Å². The molecule has 0 spiro atoms. The van der Waals surface area contributed by atoms with Crippen LogP contribution in [0.5, 0.6) is 5.75 Å². The number of benzene rings is 1. The molecule has 5 heteroatoms. The summed E-state index contributed by atoms with van der Waals surface area (Å²) in [6.07, 6.45) is 0. The number of hydrogen-bond acceptors (Lipinski definition) is 4.